The van der Waals surface area contributed by atoms with Crippen molar-refractivity contribution in [3.8, 4) is 0 Å². The highest BCUT2D eigenvalue weighted by molar-refractivity contribution is 6.12. The zero-order valence-corrected chi connectivity index (χ0v) is 51.4. The highest BCUT2D eigenvalue weighted by Gasteiger charge is 2.41. The quantitative estimate of drug-likeness (QED) is 0.0346. The molecule has 6 N–H and O–H groups in total. The van der Waals surface area contributed by atoms with Gasteiger partial charge in [-0.2, -0.15) is 13.2 Å². The number of primary amides is 1. The van der Waals surface area contributed by atoms with E-state index in [4.69, 9.17) is 29.4 Å². The first-order valence-corrected chi connectivity index (χ1v) is 29.9. The van der Waals surface area contributed by atoms with Crippen molar-refractivity contribution < 1.29 is 84.8 Å². The maximum Gasteiger partial charge on any atom is 0.409 e. The van der Waals surface area contributed by atoms with Crippen LogP contribution in [0.4, 0.5) is 33.2 Å². The van der Waals surface area contributed by atoms with E-state index in [9.17, 15) is 61.1 Å². The molecule has 7 rings (SSSR count). The summed E-state index contributed by atoms with van der Waals surface area (Å²) in [4.78, 5) is 145. The van der Waals surface area contributed by atoms with Gasteiger partial charge >= 0.3 is 24.3 Å². The summed E-state index contributed by atoms with van der Waals surface area (Å²) in [5.41, 5.74) is 8.50. The number of amides is 11. The smallest absolute Gasteiger partial charge is 0.409 e. The highest BCUT2D eigenvalue weighted by atomic mass is 19.4. The van der Waals surface area contributed by atoms with E-state index >= 15 is 0 Å². The van der Waals surface area contributed by atoms with Crippen LogP contribution in [0.5, 0.6) is 0 Å². The first-order valence-electron chi connectivity index (χ1n) is 29.9. The van der Waals surface area contributed by atoms with Crippen molar-refractivity contribution in [2.24, 2.45) is 17.6 Å². The summed E-state index contributed by atoms with van der Waals surface area (Å²) in [6.45, 7) is 6.35. The Balaban J connectivity index is 0.802. The van der Waals surface area contributed by atoms with Crippen LogP contribution in [0.1, 0.15) is 70.1 Å². The number of halogens is 3. The summed E-state index contributed by atoms with van der Waals surface area (Å²) >= 11 is 0. The molecule has 6 heterocycles. The van der Waals surface area contributed by atoms with Crippen molar-refractivity contribution in [1.29, 1.82) is 0 Å². The van der Waals surface area contributed by atoms with Gasteiger partial charge in [-0.25, -0.2) is 24.4 Å². The Kier molecular flexibility index (Phi) is 25.2. The number of nitrogens with one attached hydrogen (secondary N) is 4. The summed E-state index contributed by atoms with van der Waals surface area (Å²) in [6.07, 6.45) is 2.56. The first-order chi connectivity index (χ1) is 43.4. The molecule has 2 fully saturated rings. The number of imide groups is 1. The first kappa shape index (κ1) is 69.7. The average Bonchev–Trinajstić information content (AvgIpc) is 1.62. The number of aromatic nitrogens is 4. The van der Waals surface area contributed by atoms with Gasteiger partial charge in [0.05, 0.1) is 77.5 Å². The molecule has 3 aromatic heterocycles. The SMILES string of the molecule is CC[C@@H]1CN(C(=O)NCC(F)(F)F)C[C@@H]1c1cnc2cnc3c(ccn3C(=O)N(C)CCN(C)C(=O)OCc3ccc(NC(=O)[C@@H](NC(=O)[C@@H]4CCCN4C(=O)[C@H](CC(N)=O)NC(=O)CCOCCOCCOCCOCCN4C(=O)C=CC4=O)C(C)C)cc3)n12. The Bertz CT molecular complexity index is 3250. The summed E-state index contributed by atoms with van der Waals surface area (Å²) in [7, 11) is 3.08. The number of hydrogen-bond donors (Lipinski definition) is 5. The third-order valence-corrected chi connectivity index (χ3v) is 15.5. The van der Waals surface area contributed by atoms with Gasteiger partial charge in [0.15, 0.2) is 11.3 Å². The molecule has 2 saturated heterocycles. The molecule has 0 aliphatic carbocycles. The molecule has 0 radical (unpaired) electrons. The average molecular weight is 1280 g/mol. The molecule has 3 aliphatic rings. The molecule has 91 heavy (non-hydrogen) atoms. The maximum atomic E-state index is 13.9. The van der Waals surface area contributed by atoms with E-state index in [1.807, 2.05) is 16.6 Å². The van der Waals surface area contributed by atoms with Crippen molar-refractivity contribution in [2.75, 3.05) is 118 Å². The minimum atomic E-state index is -4.55. The van der Waals surface area contributed by atoms with Crippen LogP contribution in [0.3, 0.4) is 0 Å². The number of benzene rings is 1. The van der Waals surface area contributed by atoms with Crippen LogP contribution in [0, 0.1) is 11.8 Å². The second-order valence-electron chi connectivity index (χ2n) is 22.4. The van der Waals surface area contributed by atoms with E-state index in [1.54, 1.807) is 63.6 Å². The number of anilines is 1. The molecule has 0 unspecified atom stereocenters. The number of carbonyl (C=O) groups is 10. The second-order valence-corrected chi connectivity index (χ2v) is 22.4. The van der Waals surface area contributed by atoms with E-state index in [0.29, 0.717) is 40.9 Å². The van der Waals surface area contributed by atoms with Crippen LogP contribution in [0.25, 0.3) is 16.8 Å². The monoisotopic (exact) mass is 1280 g/mol. The van der Waals surface area contributed by atoms with Gasteiger partial charge < -0.3 is 70.3 Å². The fourth-order valence-corrected chi connectivity index (χ4v) is 10.6. The fraction of sp³-hybridized carbons (Fsp3) is 0.559. The number of nitrogens with zero attached hydrogens (tertiary/aromatic N) is 9. The second kappa shape index (κ2) is 32.8. The Morgan fingerprint density at radius 1 is 0.813 bits per heavy atom. The van der Waals surface area contributed by atoms with Gasteiger partial charge in [-0.3, -0.25) is 47.4 Å². The molecule has 0 bridgehead atoms. The Morgan fingerprint density at radius 3 is 2.10 bits per heavy atom. The minimum Gasteiger partial charge on any atom is -0.445 e. The zero-order chi connectivity index (χ0) is 65.9. The number of likely N-dealkylation sites (tertiary alicyclic amines) is 2. The lowest BCUT2D eigenvalue weighted by Gasteiger charge is -2.30. The van der Waals surface area contributed by atoms with Crippen LogP contribution in [-0.2, 0) is 63.9 Å². The van der Waals surface area contributed by atoms with Crippen molar-refractivity contribution in [2.45, 2.75) is 89.7 Å². The Labute approximate surface area is 522 Å². The maximum absolute atomic E-state index is 13.9. The number of likely N-dealkylation sites (N-methyl/N-ethyl adjacent to an activating group) is 2. The summed E-state index contributed by atoms with van der Waals surface area (Å²) in [6, 6.07) is 3.50. The Morgan fingerprint density at radius 2 is 1.46 bits per heavy atom. The van der Waals surface area contributed by atoms with Crippen LogP contribution in [-0.4, -0.2) is 240 Å². The van der Waals surface area contributed by atoms with Gasteiger partial charge in [0, 0.05) is 95.1 Å². The zero-order valence-electron chi connectivity index (χ0n) is 51.4. The minimum absolute atomic E-state index is 0.0276. The van der Waals surface area contributed by atoms with E-state index in [-0.39, 0.29) is 135 Å². The molecule has 11 amide bonds. The fourth-order valence-electron chi connectivity index (χ4n) is 10.6. The molecule has 0 spiro atoms. The van der Waals surface area contributed by atoms with Crippen LogP contribution in [0.2, 0.25) is 0 Å². The number of urea groups is 1. The van der Waals surface area contributed by atoms with Gasteiger partial charge in [0.1, 0.15) is 31.3 Å². The topological polar surface area (TPSA) is 342 Å². The molecule has 29 nitrogen and oxygen atoms in total. The van der Waals surface area contributed by atoms with E-state index in [0.717, 1.165) is 10.6 Å². The van der Waals surface area contributed by atoms with Crippen molar-refractivity contribution in [1.82, 2.24) is 59.4 Å². The molecular formula is C59H79F3N14O15. The third-order valence-electron chi connectivity index (χ3n) is 15.5. The lowest BCUT2D eigenvalue weighted by Crippen LogP contribution is -2.57. The lowest BCUT2D eigenvalue weighted by molar-refractivity contribution is -0.143. The van der Waals surface area contributed by atoms with Crippen LogP contribution >= 0.6 is 0 Å². The van der Waals surface area contributed by atoms with Gasteiger partial charge in [0.2, 0.25) is 29.5 Å². The number of rotatable bonds is 32. The van der Waals surface area contributed by atoms with Crippen LogP contribution in [0.15, 0.2) is 61.1 Å². The number of hydrogen-bond acceptors (Lipinski definition) is 17. The molecule has 496 valence electrons. The molecular weight excluding hydrogens is 1200 g/mol. The molecule has 32 heteroatoms. The van der Waals surface area contributed by atoms with Crippen LogP contribution < -0.4 is 27.0 Å². The predicted octanol–water partition coefficient (Wildman–Crippen LogP) is 2.36. The molecule has 0 saturated carbocycles. The number of ether oxygens (including phenoxy) is 5. The third kappa shape index (κ3) is 19.4. The van der Waals surface area contributed by atoms with E-state index < -0.39 is 90.9 Å². The standard InChI is InChI=1S/C59H79F3N14O15/c1-6-39-33-72(56(84)66-36-59(60,61)62)34-41(39)45-31-64-47-32-65-52-43(76(45)47)15-18-75(52)57(85)70(4)19-20-71(5)58(86)91-35-38-9-11-40(12-10-38)67-54(82)51(37(2)3)69-53(81)44-8-7-17-73(44)55(83)42(30-46(63)77)68-48(78)16-22-87-24-26-89-28-29-90-27-25-88-23-21-74-49(79)13-14-50(74)80/h9-15,18,31-32,37,39,41-42,44,51H,6-8,16-17,19-30,33-36H2,1-5H3,(H2,63,77)(H,66,84)(H,67,82)(H,68,78)(H,69,81)/t39-,41+,42+,44+,51+/m1/s1. The van der Waals surface area contributed by atoms with Crippen molar-refractivity contribution in [3.05, 3.63) is 72.3 Å². The number of alkyl halides is 3. The van der Waals surface area contributed by atoms with Gasteiger partial charge in [-0.05, 0) is 48.4 Å². The van der Waals surface area contributed by atoms with Gasteiger partial charge in [-0.1, -0.05) is 39.3 Å². The molecule has 1 aromatic carbocycles. The molecule has 3 aliphatic heterocycles. The lowest BCUT2D eigenvalue weighted by atomic mass is 9.91. The van der Waals surface area contributed by atoms with Crippen molar-refractivity contribution in [3.63, 3.8) is 0 Å². The predicted molar refractivity (Wildman–Crippen MR) is 318 cm³/mol. The van der Waals surface area contributed by atoms with Crippen molar-refractivity contribution >= 4 is 82.0 Å². The molecule has 5 atom stereocenters. The normalized spacial score (nSPS) is 17.2. The van der Waals surface area contributed by atoms with Gasteiger partial charge in [0.25, 0.3) is 11.8 Å². The number of carbonyl (C=O) groups excluding carboxylic acids is 10. The Hall–Kier alpha value is -8.75. The number of imidazole rings is 1. The number of nitrogens with two attached hydrogens (primary N) is 1. The van der Waals surface area contributed by atoms with E-state index in [2.05, 4.69) is 25.9 Å². The van der Waals surface area contributed by atoms with E-state index in [1.165, 1.54) is 49.6 Å². The summed E-state index contributed by atoms with van der Waals surface area (Å²) in [5, 5.41) is 10.1. The molecule has 4 aromatic rings. The summed E-state index contributed by atoms with van der Waals surface area (Å²) in [5.74, 6) is -4.78. The highest BCUT2D eigenvalue weighted by Crippen LogP contribution is 2.36. The summed E-state index contributed by atoms with van der Waals surface area (Å²) < 4.78 is 69.1. The number of fused-ring (bicyclic) bond motifs is 3. The van der Waals surface area contributed by atoms with Gasteiger partial charge in [-0.15, -0.1) is 0 Å². The largest absolute Gasteiger partial charge is 0.445 e.